The normalized spacial score (nSPS) is 16.5. The van der Waals surface area contributed by atoms with Crippen LogP contribution >= 0.6 is 0 Å². The molecule has 2 amide bonds. The van der Waals surface area contributed by atoms with Gasteiger partial charge in [0.15, 0.2) is 23.1 Å². The van der Waals surface area contributed by atoms with Crippen molar-refractivity contribution >= 4 is 17.6 Å². The topological polar surface area (TPSA) is 61.7 Å². The number of imidazole rings is 1. The van der Waals surface area contributed by atoms with E-state index < -0.39 is 17.5 Å². The predicted octanol–water partition coefficient (Wildman–Crippen LogP) is 3.33. The SMILES string of the molecule is CCCCN(C(=O)c1ccc(F)c(F)c1)c1nc2n(c1C(=O)N1CCN(C)CC1)CCCC2. The van der Waals surface area contributed by atoms with Crippen molar-refractivity contribution in [2.24, 2.45) is 0 Å². The van der Waals surface area contributed by atoms with E-state index in [9.17, 15) is 18.4 Å². The lowest BCUT2D eigenvalue weighted by atomic mass is 10.1. The molecular weight excluding hydrogens is 428 g/mol. The zero-order chi connectivity index (χ0) is 23.5. The van der Waals surface area contributed by atoms with Gasteiger partial charge in [0.05, 0.1) is 0 Å². The Morgan fingerprint density at radius 2 is 1.82 bits per heavy atom. The quantitative estimate of drug-likeness (QED) is 0.665. The lowest BCUT2D eigenvalue weighted by molar-refractivity contribution is 0.0653. The van der Waals surface area contributed by atoms with E-state index in [1.165, 1.54) is 11.0 Å². The summed E-state index contributed by atoms with van der Waals surface area (Å²) in [5.41, 5.74) is 0.468. The first-order chi connectivity index (χ1) is 15.9. The number of hydrogen-bond acceptors (Lipinski definition) is 4. The van der Waals surface area contributed by atoms with Crippen LogP contribution in [0, 0.1) is 11.6 Å². The molecule has 1 aromatic heterocycles. The predicted molar refractivity (Wildman–Crippen MR) is 122 cm³/mol. The van der Waals surface area contributed by atoms with E-state index in [1.54, 1.807) is 0 Å². The van der Waals surface area contributed by atoms with Gasteiger partial charge >= 0.3 is 0 Å². The second-order valence-corrected chi connectivity index (χ2v) is 8.84. The zero-order valence-electron chi connectivity index (χ0n) is 19.3. The molecule has 0 aliphatic carbocycles. The Labute approximate surface area is 193 Å². The summed E-state index contributed by atoms with van der Waals surface area (Å²) in [6.07, 6.45) is 4.18. The van der Waals surface area contributed by atoms with E-state index in [-0.39, 0.29) is 11.5 Å². The number of carbonyl (C=O) groups excluding carboxylic acids is 2. The van der Waals surface area contributed by atoms with Gasteiger partial charge in [-0.3, -0.25) is 14.5 Å². The van der Waals surface area contributed by atoms with Crippen LogP contribution in [0.15, 0.2) is 18.2 Å². The van der Waals surface area contributed by atoms with Gasteiger partial charge in [0.1, 0.15) is 5.82 Å². The fourth-order valence-electron chi connectivity index (χ4n) is 4.43. The highest BCUT2D eigenvalue weighted by Crippen LogP contribution is 2.29. The molecule has 0 N–H and O–H groups in total. The van der Waals surface area contributed by atoms with Crippen LogP contribution in [0.3, 0.4) is 0 Å². The number of likely N-dealkylation sites (N-methyl/N-ethyl adjacent to an activating group) is 1. The molecule has 0 radical (unpaired) electrons. The number of piperazine rings is 1. The molecule has 7 nitrogen and oxygen atoms in total. The number of unbranched alkanes of at least 4 members (excludes halogenated alkanes) is 1. The number of anilines is 1. The fourth-order valence-corrected chi connectivity index (χ4v) is 4.43. The number of fused-ring (bicyclic) bond motifs is 1. The molecule has 3 heterocycles. The Morgan fingerprint density at radius 3 is 2.52 bits per heavy atom. The molecule has 2 aliphatic heterocycles. The van der Waals surface area contributed by atoms with Gasteiger partial charge in [-0.1, -0.05) is 13.3 Å². The third-order valence-electron chi connectivity index (χ3n) is 6.46. The number of nitrogens with zero attached hydrogens (tertiary/aromatic N) is 5. The Bertz CT molecular complexity index is 1030. The summed E-state index contributed by atoms with van der Waals surface area (Å²) < 4.78 is 29.3. The molecule has 0 atom stereocenters. The molecule has 33 heavy (non-hydrogen) atoms. The van der Waals surface area contributed by atoms with E-state index in [2.05, 4.69) is 4.90 Å². The second kappa shape index (κ2) is 9.99. The van der Waals surface area contributed by atoms with Gasteiger partial charge in [0, 0.05) is 51.3 Å². The first-order valence-corrected chi connectivity index (χ1v) is 11.7. The first kappa shape index (κ1) is 23.4. The third-order valence-corrected chi connectivity index (χ3v) is 6.46. The number of halogens is 2. The molecule has 0 bridgehead atoms. The van der Waals surface area contributed by atoms with Crippen LogP contribution in [0.25, 0.3) is 0 Å². The molecule has 178 valence electrons. The molecule has 4 rings (SSSR count). The fraction of sp³-hybridized carbons (Fsp3) is 0.542. The van der Waals surface area contributed by atoms with Crippen molar-refractivity contribution in [1.29, 1.82) is 0 Å². The molecule has 1 fully saturated rings. The van der Waals surface area contributed by atoms with Gasteiger partial charge in [-0.15, -0.1) is 0 Å². The molecular formula is C24H31F2N5O2. The molecule has 9 heteroatoms. The highest BCUT2D eigenvalue weighted by molar-refractivity contribution is 6.09. The molecule has 2 aliphatic rings. The standard InChI is InChI=1S/C24H31F2N5O2/c1-3-4-10-31(23(32)17-8-9-18(25)19(26)16-17)22-21(30-11-6-5-7-20(30)27-22)24(33)29-14-12-28(2)13-15-29/h8-9,16H,3-7,10-15H2,1-2H3. The van der Waals surface area contributed by atoms with Crippen molar-refractivity contribution in [2.75, 3.05) is 44.7 Å². The summed E-state index contributed by atoms with van der Waals surface area (Å²) in [6.45, 7) is 5.83. The number of amides is 2. The molecule has 2 aromatic rings. The van der Waals surface area contributed by atoms with Gasteiger partial charge in [0.25, 0.3) is 11.8 Å². The molecule has 0 saturated carbocycles. The van der Waals surface area contributed by atoms with E-state index in [0.29, 0.717) is 44.1 Å². The van der Waals surface area contributed by atoms with E-state index in [1.807, 2.05) is 23.4 Å². The van der Waals surface area contributed by atoms with Gasteiger partial charge < -0.3 is 14.4 Å². The summed E-state index contributed by atoms with van der Waals surface area (Å²) in [5.74, 6) is -1.56. The first-order valence-electron chi connectivity index (χ1n) is 11.7. The van der Waals surface area contributed by atoms with Crippen LogP contribution in [-0.4, -0.2) is 70.9 Å². The van der Waals surface area contributed by atoms with Gasteiger partial charge in [0.2, 0.25) is 0 Å². The highest BCUT2D eigenvalue weighted by atomic mass is 19.2. The Balaban J connectivity index is 1.76. The van der Waals surface area contributed by atoms with Crippen LogP contribution < -0.4 is 4.90 Å². The molecule has 1 aromatic carbocycles. The maximum absolute atomic E-state index is 13.9. The average Bonchev–Trinajstić information content (AvgIpc) is 3.20. The third kappa shape index (κ3) is 4.78. The summed E-state index contributed by atoms with van der Waals surface area (Å²) >= 11 is 0. The minimum Gasteiger partial charge on any atom is -0.335 e. The van der Waals surface area contributed by atoms with Crippen LogP contribution in [0.1, 0.15) is 59.3 Å². The lowest BCUT2D eigenvalue weighted by Crippen LogP contribution is -2.48. The van der Waals surface area contributed by atoms with Crippen molar-refractivity contribution in [1.82, 2.24) is 19.4 Å². The summed E-state index contributed by atoms with van der Waals surface area (Å²) in [4.78, 5) is 37.4. The van der Waals surface area contributed by atoms with Crippen molar-refractivity contribution in [3.05, 3.63) is 46.9 Å². The maximum atomic E-state index is 13.9. The largest absolute Gasteiger partial charge is 0.335 e. The van der Waals surface area contributed by atoms with Gasteiger partial charge in [-0.2, -0.15) is 0 Å². The van der Waals surface area contributed by atoms with Crippen molar-refractivity contribution in [2.45, 2.75) is 45.6 Å². The molecule has 0 spiro atoms. The Morgan fingerprint density at radius 1 is 1.06 bits per heavy atom. The summed E-state index contributed by atoms with van der Waals surface area (Å²) in [7, 11) is 2.03. The van der Waals surface area contributed by atoms with Crippen LogP contribution in [0.4, 0.5) is 14.6 Å². The number of carbonyl (C=O) groups is 2. The molecule has 0 unspecified atom stereocenters. The number of aromatic nitrogens is 2. The maximum Gasteiger partial charge on any atom is 0.274 e. The smallest absolute Gasteiger partial charge is 0.274 e. The van der Waals surface area contributed by atoms with E-state index >= 15 is 0 Å². The number of benzene rings is 1. The van der Waals surface area contributed by atoms with Gasteiger partial charge in [-0.25, -0.2) is 13.8 Å². The lowest BCUT2D eigenvalue weighted by Gasteiger charge is -2.33. The van der Waals surface area contributed by atoms with E-state index in [4.69, 9.17) is 4.98 Å². The van der Waals surface area contributed by atoms with Gasteiger partial charge in [-0.05, 0) is 44.5 Å². The van der Waals surface area contributed by atoms with Crippen molar-refractivity contribution in [3.8, 4) is 0 Å². The van der Waals surface area contributed by atoms with E-state index in [0.717, 1.165) is 56.7 Å². The number of aryl methyl sites for hydroxylation is 1. The van der Waals surface area contributed by atoms with Crippen LogP contribution in [0.5, 0.6) is 0 Å². The van der Waals surface area contributed by atoms with Crippen LogP contribution in [-0.2, 0) is 13.0 Å². The summed E-state index contributed by atoms with van der Waals surface area (Å²) in [6, 6.07) is 3.14. The average molecular weight is 460 g/mol. The monoisotopic (exact) mass is 459 g/mol. The van der Waals surface area contributed by atoms with Crippen LogP contribution in [0.2, 0.25) is 0 Å². The Kier molecular flexibility index (Phi) is 7.07. The molecule has 1 saturated heterocycles. The highest BCUT2D eigenvalue weighted by Gasteiger charge is 2.34. The number of rotatable bonds is 6. The second-order valence-electron chi connectivity index (χ2n) is 8.84. The minimum atomic E-state index is -1.07. The van der Waals surface area contributed by atoms with Crippen molar-refractivity contribution in [3.63, 3.8) is 0 Å². The van der Waals surface area contributed by atoms with Crippen molar-refractivity contribution < 1.29 is 18.4 Å². The number of hydrogen-bond donors (Lipinski definition) is 0. The minimum absolute atomic E-state index is 0.0361. The Hall–Kier alpha value is -2.81. The summed E-state index contributed by atoms with van der Waals surface area (Å²) in [5, 5.41) is 0. The zero-order valence-corrected chi connectivity index (χ0v) is 19.3.